The van der Waals surface area contributed by atoms with Gasteiger partial charge in [0.1, 0.15) is 5.82 Å². The Hall–Kier alpha value is -1.72. The monoisotopic (exact) mass is 321 g/mol. The Morgan fingerprint density at radius 2 is 1.77 bits per heavy atom. The predicted octanol–water partition coefficient (Wildman–Crippen LogP) is 3.12. The second kappa shape index (κ2) is 7.51. The Balaban J connectivity index is 1.99. The zero-order valence-electron chi connectivity index (χ0n) is 12.6. The summed E-state index contributed by atoms with van der Waals surface area (Å²) in [4.78, 5) is 2.34. The molecule has 0 heterocycles. The molecule has 0 fully saturated rings. The summed E-state index contributed by atoms with van der Waals surface area (Å²) in [5.74, 6) is -0.217. The highest BCUT2D eigenvalue weighted by Crippen LogP contribution is 2.12. The van der Waals surface area contributed by atoms with Crippen LogP contribution in [0.5, 0.6) is 0 Å². The largest absolute Gasteiger partial charge is 0.298 e. The van der Waals surface area contributed by atoms with Crippen molar-refractivity contribution in [1.29, 1.82) is 0 Å². The molecule has 0 radical (unpaired) electrons. The van der Waals surface area contributed by atoms with Crippen LogP contribution in [0.2, 0.25) is 0 Å². The van der Waals surface area contributed by atoms with Gasteiger partial charge < -0.3 is 0 Å². The highest BCUT2D eigenvalue weighted by atomic mass is 32.2. The van der Waals surface area contributed by atoms with Crippen molar-refractivity contribution >= 4 is 9.84 Å². The van der Waals surface area contributed by atoms with Crippen LogP contribution in [0.15, 0.2) is 59.5 Å². The van der Waals surface area contributed by atoms with Gasteiger partial charge in [0, 0.05) is 13.1 Å². The molecule has 2 aromatic rings. The molecule has 0 amide bonds. The lowest BCUT2D eigenvalue weighted by Gasteiger charge is -2.20. The molecule has 0 aliphatic rings. The van der Waals surface area contributed by atoms with Crippen LogP contribution in [0.4, 0.5) is 4.39 Å². The van der Waals surface area contributed by atoms with Crippen LogP contribution in [0.3, 0.4) is 0 Å². The quantitative estimate of drug-likeness (QED) is 0.786. The minimum Gasteiger partial charge on any atom is -0.298 e. The molecule has 0 atom stereocenters. The van der Waals surface area contributed by atoms with Gasteiger partial charge in [-0.05, 0) is 36.4 Å². The molecule has 22 heavy (non-hydrogen) atoms. The maximum atomic E-state index is 13.2. The topological polar surface area (TPSA) is 37.4 Å². The molecule has 0 aliphatic carbocycles. The maximum absolute atomic E-state index is 13.2. The van der Waals surface area contributed by atoms with E-state index in [1.54, 1.807) is 36.4 Å². The first-order chi connectivity index (χ1) is 10.5. The van der Waals surface area contributed by atoms with Crippen molar-refractivity contribution in [3.8, 4) is 0 Å². The SMILES string of the molecule is CCN(CCS(=O)(=O)c1ccccc1)Cc1cccc(F)c1. The summed E-state index contributed by atoms with van der Waals surface area (Å²) < 4.78 is 37.7. The van der Waals surface area contributed by atoms with Crippen molar-refractivity contribution in [1.82, 2.24) is 4.90 Å². The number of nitrogens with zero attached hydrogens (tertiary/aromatic N) is 1. The number of sulfone groups is 1. The van der Waals surface area contributed by atoms with Gasteiger partial charge in [-0.3, -0.25) is 4.90 Å². The first-order valence-corrected chi connectivity index (χ1v) is 8.91. The van der Waals surface area contributed by atoms with Gasteiger partial charge in [-0.25, -0.2) is 12.8 Å². The average Bonchev–Trinajstić information content (AvgIpc) is 2.52. The van der Waals surface area contributed by atoms with Crippen molar-refractivity contribution in [2.75, 3.05) is 18.8 Å². The standard InChI is InChI=1S/C17H20FNO2S/c1-2-19(14-15-7-6-8-16(18)13-15)11-12-22(20,21)17-9-4-3-5-10-17/h3-10,13H,2,11-12,14H2,1H3. The molecule has 2 aromatic carbocycles. The molecule has 0 bridgehead atoms. The van der Waals surface area contributed by atoms with Crippen molar-refractivity contribution in [3.63, 3.8) is 0 Å². The van der Waals surface area contributed by atoms with Gasteiger partial charge in [0.2, 0.25) is 0 Å². The summed E-state index contributed by atoms with van der Waals surface area (Å²) in [5.41, 5.74) is 0.846. The Bertz CT molecular complexity index is 702. The normalized spacial score (nSPS) is 11.8. The molecular weight excluding hydrogens is 301 g/mol. The molecule has 0 saturated heterocycles. The predicted molar refractivity (Wildman–Crippen MR) is 85.8 cm³/mol. The zero-order valence-corrected chi connectivity index (χ0v) is 13.4. The summed E-state index contributed by atoms with van der Waals surface area (Å²) in [5, 5.41) is 0. The van der Waals surface area contributed by atoms with Crippen LogP contribution < -0.4 is 0 Å². The summed E-state index contributed by atoms with van der Waals surface area (Å²) in [6, 6.07) is 14.8. The second-order valence-corrected chi connectivity index (χ2v) is 7.24. The van der Waals surface area contributed by atoms with E-state index >= 15 is 0 Å². The Morgan fingerprint density at radius 3 is 2.41 bits per heavy atom. The van der Waals surface area contributed by atoms with Gasteiger partial charge in [0.05, 0.1) is 10.6 Å². The van der Waals surface area contributed by atoms with Gasteiger partial charge in [0.15, 0.2) is 9.84 Å². The lowest BCUT2D eigenvalue weighted by atomic mass is 10.2. The van der Waals surface area contributed by atoms with Crippen molar-refractivity contribution in [3.05, 3.63) is 66.0 Å². The van der Waals surface area contributed by atoms with Crippen LogP contribution in [-0.2, 0) is 16.4 Å². The molecule has 118 valence electrons. The number of hydrogen-bond acceptors (Lipinski definition) is 3. The van der Waals surface area contributed by atoms with E-state index < -0.39 is 9.84 Å². The van der Waals surface area contributed by atoms with Crippen molar-refractivity contribution < 1.29 is 12.8 Å². The van der Waals surface area contributed by atoms with E-state index in [4.69, 9.17) is 0 Å². The van der Waals surface area contributed by atoms with E-state index in [1.165, 1.54) is 12.1 Å². The molecule has 0 spiro atoms. The van der Waals surface area contributed by atoms with Gasteiger partial charge in [-0.2, -0.15) is 0 Å². The second-order valence-electron chi connectivity index (χ2n) is 5.13. The van der Waals surface area contributed by atoms with E-state index in [2.05, 4.69) is 0 Å². The van der Waals surface area contributed by atoms with E-state index in [-0.39, 0.29) is 11.6 Å². The lowest BCUT2D eigenvalue weighted by molar-refractivity contribution is 0.296. The van der Waals surface area contributed by atoms with Gasteiger partial charge >= 0.3 is 0 Å². The van der Waals surface area contributed by atoms with E-state index in [0.717, 1.165) is 5.56 Å². The van der Waals surface area contributed by atoms with E-state index in [9.17, 15) is 12.8 Å². The molecule has 0 unspecified atom stereocenters. The van der Waals surface area contributed by atoms with Crippen LogP contribution in [0, 0.1) is 5.82 Å². The molecule has 0 aliphatic heterocycles. The molecule has 3 nitrogen and oxygen atoms in total. The summed E-state index contributed by atoms with van der Waals surface area (Å²) in [6.45, 7) is 3.64. The van der Waals surface area contributed by atoms with Crippen LogP contribution in [0.1, 0.15) is 12.5 Å². The third-order valence-corrected chi connectivity index (χ3v) is 5.23. The van der Waals surface area contributed by atoms with Crippen LogP contribution in [0.25, 0.3) is 0 Å². The molecular formula is C17H20FNO2S. The van der Waals surface area contributed by atoms with Crippen LogP contribution >= 0.6 is 0 Å². The third kappa shape index (κ3) is 4.64. The number of benzene rings is 2. The molecule has 0 aromatic heterocycles. The zero-order chi connectivity index (χ0) is 16.0. The first-order valence-electron chi connectivity index (χ1n) is 7.26. The van der Waals surface area contributed by atoms with E-state index in [1.807, 2.05) is 17.9 Å². The van der Waals surface area contributed by atoms with Gasteiger partial charge in [-0.1, -0.05) is 37.3 Å². The Kier molecular flexibility index (Phi) is 5.69. The summed E-state index contributed by atoms with van der Waals surface area (Å²) in [7, 11) is -3.28. The fourth-order valence-corrected chi connectivity index (χ4v) is 3.54. The lowest BCUT2D eigenvalue weighted by Crippen LogP contribution is -2.29. The van der Waals surface area contributed by atoms with Crippen LogP contribution in [-0.4, -0.2) is 32.2 Å². The highest BCUT2D eigenvalue weighted by molar-refractivity contribution is 7.91. The smallest absolute Gasteiger partial charge is 0.179 e. The summed E-state index contributed by atoms with van der Waals surface area (Å²) >= 11 is 0. The first kappa shape index (κ1) is 16.6. The fraction of sp³-hybridized carbons (Fsp3) is 0.294. The van der Waals surface area contributed by atoms with E-state index in [0.29, 0.717) is 24.5 Å². The fourth-order valence-electron chi connectivity index (χ4n) is 2.24. The maximum Gasteiger partial charge on any atom is 0.179 e. The number of rotatable bonds is 7. The van der Waals surface area contributed by atoms with Crippen molar-refractivity contribution in [2.24, 2.45) is 0 Å². The number of halogens is 1. The average molecular weight is 321 g/mol. The molecule has 5 heteroatoms. The Labute approximate surface area is 131 Å². The molecule has 0 N–H and O–H groups in total. The summed E-state index contributed by atoms with van der Waals surface area (Å²) in [6.07, 6.45) is 0. The van der Waals surface area contributed by atoms with Gasteiger partial charge in [0.25, 0.3) is 0 Å². The highest BCUT2D eigenvalue weighted by Gasteiger charge is 2.15. The number of hydrogen-bond donors (Lipinski definition) is 0. The molecule has 0 saturated carbocycles. The Morgan fingerprint density at radius 1 is 1.05 bits per heavy atom. The molecule has 2 rings (SSSR count). The minimum absolute atomic E-state index is 0.0557. The minimum atomic E-state index is -3.28. The van der Waals surface area contributed by atoms with Crippen molar-refractivity contribution in [2.45, 2.75) is 18.4 Å². The third-order valence-electron chi connectivity index (χ3n) is 3.52. The van der Waals surface area contributed by atoms with Gasteiger partial charge in [-0.15, -0.1) is 0 Å².